The van der Waals surface area contributed by atoms with E-state index in [4.69, 9.17) is 11.5 Å². The van der Waals surface area contributed by atoms with Gasteiger partial charge < -0.3 is 16.6 Å². The summed E-state index contributed by atoms with van der Waals surface area (Å²) in [5.41, 5.74) is 15.4. The van der Waals surface area contributed by atoms with E-state index in [1.807, 2.05) is 0 Å². The molecule has 5 saturated carbocycles. The number of allylic oxidation sites excluding steroid dienone is 1. The van der Waals surface area contributed by atoms with Gasteiger partial charge in [-0.05, 0) is 98.2 Å². The van der Waals surface area contributed by atoms with Crippen LogP contribution >= 0.6 is 0 Å². The highest BCUT2D eigenvalue weighted by atomic mass is 16.3. The minimum atomic E-state index is -0.412. The van der Waals surface area contributed by atoms with Gasteiger partial charge in [-0.3, -0.25) is 0 Å². The van der Waals surface area contributed by atoms with E-state index in [9.17, 15) is 5.11 Å². The number of hydrogen-bond acceptors (Lipinski definition) is 3. The summed E-state index contributed by atoms with van der Waals surface area (Å²) < 4.78 is 0. The maximum Gasteiger partial charge on any atom is 0.0656 e. The van der Waals surface area contributed by atoms with Crippen molar-refractivity contribution in [1.82, 2.24) is 0 Å². The molecule has 0 aliphatic heterocycles. The van der Waals surface area contributed by atoms with Crippen LogP contribution in [0.25, 0.3) is 0 Å². The molecule has 6 rings (SSSR count). The number of fused-ring (bicyclic) bond motifs is 2. The summed E-state index contributed by atoms with van der Waals surface area (Å²) in [6.07, 6.45) is 11.9. The fourth-order valence-electron chi connectivity index (χ4n) is 9.58. The summed E-state index contributed by atoms with van der Waals surface area (Å²) in [6.45, 7) is 4.72. The van der Waals surface area contributed by atoms with Gasteiger partial charge in [0.15, 0.2) is 0 Å². The molecule has 5 N–H and O–H groups in total. The Morgan fingerprint density at radius 1 is 1.04 bits per heavy atom. The van der Waals surface area contributed by atoms with Gasteiger partial charge in [-0.1, -0.05) is 25.5 Å². The van der Waals surface area contributed by atoms with Crippen LogP contribution < -0.4 is 11.5 Å². The molecule has 0 heterocycles. The van der Waals surface area contributed by atoms with E-state index in [1.165, 1.54) is 32.1 Å². The second-order valence-electron chi connectivity index (χ2n) is 11.9. The van der Waals surface area contributed by atoms with E-state index in [1.54, 1.807) is 5.57 Å². The van der Waals surface area contributed by atoms with Crippen molar-refractivity contribution in [3.05, 3.63) is 11.6 Å². The van der Waals surface area contributed by atoms with Crippen LogP contribution in [0.3, 0.4) is 0 Å². The van der Waals surface area contributed by atoms with E-state index < -0.39 is 5.60 Å². The SMILES string of the molecule is CC1C=C2C(N)C3CC(CC4(N)C5CC(C)CC6(O)CC5C4C6)(C1)CC23. The predicted octanol–water partition coefficient (Wildman–Crippen LogP) is 3.21. The molecule has 5 fully saturated rings. The average Bonchev–Trinajstić information content (AvgIpc) is 2.95. The molecule has 0 saturated heterocycles. The summed E-state index contributed by atoms with van der Waals surface area (Å²) in [4.78, 5) is 0. The quantitative estimate of drug-likeness (QED) is 0.665. The number of aliphatic hydroxyl groups is 1. The minimum Gasteiger partial charge on any atom is -0.390 e. The Hall–Kier alpha value is -0.380. The standard InChI is InChI=1S/C23H36N2O/c1-12-3-14-15-7-21(5-12,8-16(15)20(14)24)11-23(25)18-4-13(2)6-22(26)9-17(18)19(23)10-22/h3,12-13,15-20,26H,4-11,24-25H2,1-2H3. The molecule has 0 radical (unpaired) electrons. The molecule has 3 heteroatoms. The van der Waals surface area contributed by atoms with Crippen molar-refractivity contribution < 1.29 is 5.11 Å². The molecule has 6 aliphatic rings. The van der Waals surface area contributed by atoms with E-state index in [0.29, 0.717) is 41.0 Å². The highest BCUT2D eigenvalue weighted by molar-refractivity contribution is 5.34. The first-order valence-electron chi connectivity index (χ1n) is 11.2. The highest BCUT2D eigenvalue weighted by Crippen LogP contribution is 2.70. The van der Waals surface area contributed by atoms with Crippen LogP contribution in [0.2, 0.25) is 0 Å². The minimum absolute atomic E-state index is 0.0259. The first-order chi connectivity index (χ1) is 12.2. The van der Waals surface area contributed by atoms with Crippen molar-refractivity contribution in [2.24, 2.45) is 58.3 Å². The van der Waals surface area contributed by atoms with Gasteiger partial charge >= 0.3 is 0 Å². The van der Waals surface area contributed by atoms with E-state index >= 15 is 0 Å². The third-order valence-electron chi connectivity index (χ3n) is 10.0. The topological polar surface area (TPSA) is 72.3 Å². The molecule has 0 aromatic heterocycles. The first-order valence-corrected chi connectivity index (χ1v) is 11.2. The van der Waals surface area contributed by atoms with Crippen LogP contribution in [-0.4, -0.2) is 22.3 Å². The molecule has 144 valence electrons. The van der Waals surface area contributed by atoms with Crippen molar-refractivity contribution in [3.8, 4) is 0 Å². The zero-order valence-corrected chi connectivity index (χ0v) is 16.5. The molecular formula is C23H36N2O. The molecule has 6 aliphatic carbocycles. The van der Waals surface area contributed by atoms with Gasteiger partial charge in [0.1, 0.15) is 0 Å². The normalized spacial score (nSPS) is 64.9. The second kappa shape index (κ2) is 4.78. The van der Waals surface area contributed by atoms with Crippen LogP contribution in [0.4, 0.5) is 0 Å². The Kier molecular flexibility index (Phi) is 3.04. The number of nitrogens with two attached hydrogens (primary N) is 2. The van der Waals surface area contributed by atoms with Crippen molar-refractivity contribution in [2.45, 2.75) is 82.4 Å². The lowest BCUT2D eigenvalue weighted by Crippen LogP contribution is -2.68. The lowest BCUT2D eigenvalue weighted by Gasteiger charge is -2.61. The lowest BCUT2D eigenvalue weighted by atomic mass is 9.47. The Morgan fingerprint density at radius 3 is 2.65 bits per heavy atom. The van der Waals surface area contributed by atoms with Crippen LogP contribution in [0.15, 0.2) is 11.6 Å². The van der Waals surface area contributed by atoms with Crippen molar-refractivity contribution in [1.29, 1.82) is 0 Å². The third kappa shape index (κ3) is 1.91. The Balaban J connectivity index is 1.32. The predicted molar refractivity (Wildman–Crippen MR) is 103 cm³/mol. The van der Waals surface area contributed by atoms with E-state index in [-0.39, 0.29) is 5.54 Å². The van der Waals surface area contributed by atoms with Gasteiger partial charge in [-0.15, -0.1) is 0 Å². The summed E-state index contributed by atoms with van der Waals surface area (Å²) in [5, 5.41) is 11.1. The Bertz CT molecular complexity index is 690. The summed E-state index contributed by atoms with van der Waals surface area (Å²) in [6, 6.07) is 0.332. The van der Waals surface area contributed by atoms with Gasteiger partial charge in [-0.25, -0.2) is 0 Å². The molecule has 11 unspecified atom stereocenters. The largest absolute Gasteiger partial charge is 0.390 e. The summed E-state index contributed by atoms with van der Waals surface area (Å²) in [5.74, 6) is 4.66. The zero-order chi connectivity index (χ0) is 18.1. The fraction of sp³-hybridized carbons (Fsp3) is 0.913. The molecule has 26 heavy (non-hydrogen) atoms. The van der Waals surface area contributed by atoms with Crippen LogP contribution in [-0.2, 0) is 0 Å². The van der Waals surface area contributed by atoms with Gasteiger partial charge in [0.2, 0.25) is 0 Å². The van der Waals surface area contributed by atoms with Crippen molar-refractivity contribution in [2.75, 3.05) is 0 Å². The maximum atomic E-state index is 11.1. The van der Waals surface area contributed by atoms with Crippen LogP contribution in [0.5, 0.6) is 0 Å². The lowest BCUT2D eigenvalue weighted by molar-refractivity contribution is -0.0806. The zero-order valence-electron chi connectivity index (χ0n) is 16.5. The molecule has 0 spiro atoms. The molecular weight excluding hydrogens is 320 g/mol. The average molecular weight is 357 g/mol. The Morgan fingerprint density at radius 2 is 1.85 bits per heavy atom. The molecule has 4 bridgehead atoms. The number of rotatable bonds is 2. The van der Waals surface area contributed by atoms with E-state index in [0.717, 1.165) is 31.1 Å². The number of hydrogen-bond donors (Lipinski definition) is 3. The van der Waals surface area contributed by atoms with Gasteiger partial charge in [0.25, 0.3) is 0 Å². The smallest absolute Gasteiger partial charge is 0.0656 e. The molecule has 11 atom stereocenters. The molecule has 3 nitrogen and oxygen atoms in total. The van der Waals surface area contributed by atoms with Crippen molar-refractivity contribution >= 4 is 0 Å². The second-order valence-corrected chi connectivity index (χ2v) is 11.9. The summed E-state index contributed by atoms with van der Waals surface area (Å²) >= 11 is 0. The van der Waals surface area contributed by atoms with E-state index in [2.05, 4.69) is 19.9 Å². The van der Waals surface area contributed by atoms with Crippen molar-refractivity contribution in [3.63, 3.8) is 0 Å². The molecule has 0 aromatic rings. The molecule has 0 aromatic carbocycles. The summed E-state index contributed by atoms with van der Waals surface area (Å²) in [7, 11) is 0. The maximum absolute atomic E-state index is 11.1. The first kappa shape index (κ1) is 16.6. The third-order valence-corrected chi connectivity index (χ3v) is 10.0. The molecule has 0 amide bonds. The van der Waals surface area contributed by atoms with Gasteiger partial charge in [0, 0.05) is 11.6 Å². The van der Waals surface area contributed by atoms with Gasteiger partial charge in [-0.2, -0.15) is 0 Å². The van der Waals surface area contributed by atoms with Gasteiger partial charge in [0.05, 0.1) is 5.60 Å². The monoisotopic (exact) mass is 356 g/mol. The highest BCUT2D eigenvalue weighted by Gasteiger charge is 2.70. The van der Waals surface area contributed by atoms with Crippen LogP contribution in [0.1, 0.15) is 65.2 Å². The Labute approximate surface area is 158 Å². The van der Waals surface area contributed by atoms with Crippen LogP contribution in [0, 0.1) is 46.8 Å². The fourth-order valence-corrected chi connectivity index (χ4v) is 9.58.